The highest BCUT2D eigenvalue weighted by atomic mass is 16.6. The third-order valence-corrected chi connectivity index (χ3v) is 3.65. The third kappa shape index (κ3) is 3.11. The zero-order valence-electron chi connectivity index (χ0n) is 12.9. The van der Waals surface area contributed by atoms with Gasteiger partial charge >= 0.3 is 0 Å². The number of rotatable bonds is 5. The number of nitrogens with zero attached hydrogens (tertiary/aromatic N) is 4. The molecule has 0 aliphatic rings. The molecule has 0 bridgehead atoms. The van der Waals surface area contributed by atoms with Crippen molar-refractivity contribution < 1.29 is 4.92 Å². The van der Waals surface area contributed by atoms with E-state index in [-0.39, 0.29) is 17.8 Å². The molecule has 1 aromatic heterocycles. The average molecular weight is 312 g/mol. The van der Waals surface area contributed by atoms with Gasteiger partial charge in [0.1, 0.15) is 11.6 Å². The molecule has 0 unspecified atom stereocenters. The highest BCUT2D eigenvalue weighted by molar-refractivity contribution is 5.41. The number of benzene rings is 1. The second-order valence-corrected chi connectivity index (χ2v) is 4.97. The Morgan fingerprint density at radius 3 is 2.57 bits per heavy atom. The minimum absolute atomic E-state index is 0.0400. The predicted molar refractivity (Wildman–Crippen MR) is 84.2 cm³/mol. The second-order valence-electron chi connectivity index (χ2n) is 4.97. The largest absolute Gasteiger partial charge is 0.285 e. The molecule has 0 amide bonds. The highest BCUT2D eigenvalue weighted by Gasteiger charge is 2.18. The van der Waals surface area contributed by atoms with E-state index in [1.165, 1.54) is 6.07 Å². The van der Waals surface area contributed by atoms with Crippen molar-refractivity contribution >= 4 is 5.69 Å². The van der Waals surface area contributed by atoms with Crippen LogP contribution in [0.2, 0.25) is 0 Å². The van der Waals surface area contributed by atoms with Gasteiger partial charge in [-0.25, -0.2) is 4.68 Å². The number of hydrogen-bond donors (Lipinski definition) is 0. The van der Waals surface area contributed by atoms with Crippen LogP contribution in [0.5, 0.6) is 0 Å². The van der Waals surface area contributed by atoms with E-state index < -0.39 is 10.5 Å². The van der Waals surface area contributed by atoms with Crippen LogP contribution < -0.4 is 5.56 Å². The zero-order valence-corrected chi connectivity index (χ0v) is 12.9. The average Bonchev–Trinajstić information content (AvgIpc) is 2.56. The fraction of sp³-hybridized carbons (Fsp3) is 0.312. The standard InChI is InChI=1S/C16H16N4O3/c1-3-12-13(9-17)16(21)19(18-14(12)4-2)10-11-7-5-6-8-15(11)20(22)23/h5-8H,3-4,10H2,1-2H3. The van der Waals surface area contributed by atoms with Crippen molar-refractivity contribution in [2.45, 2.75) is 33.2 Å². The van der Waals surface area contributed by atoms with Crippen LogP contribution in [0.15, 0.2) is 29.1 Å². The monoisotopic (exact) mass is 312 g/mol. The van der Waals surface area contributed by atoms with Crippen molar-refractivity contribution in [3.8, 4) is 6.07 Å². The van der Waals surface area contributed by atoms with Gasteiger partial charge in [0.25, 0.3) is 11.2 Å². The summed E-state index contributed by atoms with van der Waals surface area (Å²) < 4.78 is 1.14. The van der Waals surface area contributed by atoms with Gasteiger partial charge in [-0.2, -0.15) is 10.4 Å². The molecule has 0 radical (unpaired) electrons. The van der Waals surface area contributed by atoms with E-state index in [1.807, 2.05) is 19.9 Å². The number of aromatic nitrogens is 2. The van der Waals surface area contributed by atoms with Crippen molar-refractivity contribution in [2.75, 3.05) is 0 Å². The molecule has 23 heavy (non-hydrogen) atoms. The molecule has 2 rings (SSSR count). The van der Waals surface area contributed by atoms with Crippen molar-refractivity contribution in [1.29, 1.82) is 5.26 Å². The quantitative estimate of drug-likeness (QED) is 0.622. The van der Waals surface area contributed by atoms with Gasteiger partial charge < -0.3 is 0 Å². The fourth-order valence-electron chi connectivity index (χ4n) is 2.53. The third-order valence-electron chi connectivity index (χ3n) is 3.65. The summed E-state index contributed by atoms with van der Waals surface area (Å²) >= 11 is 0. The van der Waals surface area contributed by atoms with Crippen LogP contribution in [0.25, 0.3) is 0 Å². The first-order valence-corrected chi connectivity index (χ1v) is 7.28. The summed E-state index contributed by atoms with van der Waals surface area (Å²) in [6.45, 7) is 3.72. The predicted octanol–water partition coefficient (Wildman–Crippen LogP) is 2.20. The van der Waals surface area contributed by atoms with Crippen molar-refractivity contribution in [3.63, 3.8) is 0 Å². The van der Waals surface area contributed by atoms with Crippen LogP contribution in [0.4, 0.5) is 5.69 Å². The summed E-state index contributed by atoms with van der Waals surface area (Å²) in [5.41, 5.74) is 1.18. The molecule has 1 aromatic carbocycles. The molecule has 0 aliphatic heterocycles. The Morgan fingerprint density at radius 2 is 2.00 bits per heavy atom. The first-order chi connectivity index (χ1) is 11.0. The van der Waals surface area contributed by atoms with Gasteiger partial charge in [-0.1, -0.05) is 32.0 Å². The topological polar surface area (TPSA) is 102 Å². The first kappa shape index (κ1) is 16.4. The van der Waals surface area contributed by atoms with E-state index in [2.05, 4.69) is 5.10 Å². The SMILES string of the molecule is CCc1nn(Cc2ccccc2[N+](=O)[O-])c(=O)c(C#N)c1CC. The Kier molecular flexibility index (Phi) is 4.86. The Balaban J connectivity index is 2.61. The van der Waals surface area contributed by atoms with Gasteiger partial charge in [-0.15, -0.1) is 0 Å². The molecular formula is C16H16N4O3. The second kappa shape index (κ2) is 6.83. The lowest BCUT2D eigenvalue weighted by atomic mass is 10.0. The van der Waals surface area contributed by atoms with Crippen LogP contribution in [0.1, 0.15) is 36.2 Å². The minimum Gasteiger partial charge on any atom is -0.266 e. The smallest absolute Gasteiger partial charge is 0.266 e. The Labute approximate surface area is 133 Å². The van der Waals surface area contributed by atoms with E-state index >= 15 is 0 Å². The lowest BCUT2D eigenvalue weighted by molar-refractivity contribution is -0.385. The molecule has 0 saturated heterocycles. The summed E-state index contributed by atoms with van der Waals surface area (Å²) in [7, 11) is 0. The minimum atomic E-state index is -0.514. The molecule has 0 spiro atoms. The summed E-state index contributed by atoms with van der Waals surface area (Å²) in [4.78, 5) is 23.0. The molecule has 2 aromatic rings. The number of nitriles is 1. The van der Waals surface area contributed by atoms with Crippen molar-refractivity contribution in [2.24, 2.45) is 0 Å². The number of nitro groups is 1. The molecule has 0 atom stereocenters. The maximum absolute atomic E-state index is 12.4. The summed E-state index contributed by atoms with van der Waals surface area (Å²) in [5.74, 6) is 0. The highest BCUT2D eigenvalue weighted by Crippen LogP contribution is 2.18. The van der Waals surface area contributed by atoms with Crippen LogP contribution in [-0.4, -0.2) is 14.7 Å². The first-order valence-electron chi connectivity index (χ1n) is 7.28. The molecule has 118 valence electrons. The van der Waals surface area contributed by atoms with Gasteiger partial charge in [0.2, 0.25) is 0 Å². The molecule has 7 heteroatoms. The summed E-state index contributed by atoms with van der Waals surface area (Å²) in [6.07, 6.45) is 1.12. The maximum Gasteiger partial charge on any atom is 0.285 e. The normalized spacial score (nSPS) is 10.3. The van der Waals surface area contributed by atoms with E-state index in [9.17, 15) is 20.2 Å². The molecule has 0 aliphatic carbocycles. The van der Waals surface area contributed by atoms with Crippen LogP contribution in [0.3, 0.4) is 0 Å². The Hall–Kier alpha value is -3.01. The van der Waals surface area contributed by atoms with E-state index in [4.69, 9.17) is 0 Å². The summed E-state index contributed by atoms with van der Waals surface area (Å²) in [6, 6.07) is 8.14. The van der Waals surface area contributed by atoms with Crippen molar-refractivity contribution in [3.05, 3.63) is 67.1 Å². The van der Waals surface area contributed by atoms with Gasteiger partial charge in [0.15, 0.2) is 0 Å². The Morgan fingerprint density at radius 1 is 1.30 bits per heavy atom. The van der Waals surface area contributed by atoms with Crippen molar-refractivity contribution in [1.82, 2.24) is 9.78 Å². The van der Waals surface area contributed by atoms with E-state index in [0.717, 1.165) is 4.68 Å². The molecule has 0 saturated carbocycles. The van der Waals surface area contributed by atoms with Gasteiger partial charge in [0, 0.05) is 6.07 Å². The van der Waals surface area contributed by atoms with Crippen LogP contribution in [0, 0.1) is 21.4 Å². The van der Waals surface area contributed by atoms with E-state index in [0.29, 0.717) is 29.7 Å². The lowest BCUT2D eigenvalue weighted by Crippen LogP contribution is -2.29. The van der Waals surface area contributed by atoms with Gasteiger partial charge in [-0.05, 0) is 18.4 Å². The molecule has 0 N–H and O–H groups in total. The molecule has 1 heterocycles. The fourth-order valence-corrected chi connectivity index (χ4v) is 2.53. The zero-order chi connectivity index (χ0) is 17.0. The number of hydrogen-bond acceptors (Lipinski definition) is 5. The van der Waals surface area contributed by atoms with Crippen LogP contribution in [-0.2, 0) is 19.4 Å². The number of para-hydroxylation sites is 1. The summed E-state index contributed by atoms with van der Waals surface area (Å²) in [5, 5.41) is 24.7. The van der Waals surface area contributed by atoms with Gasteiger partial charge in [0.05, 0.1) is 22.7 Å². The van der Waals surface area contributed by atoms with Crippen LogP contribution >= 0.6 is 0 Å². The Bertz CT molecular complexity index is 849. The molecule has 7 nitrogen and oxygen atoms in total. The lowest BCUT2D eigenvalue weighted by Gasteiger charge is -2.12. The number of nitro benzene ring substituents is 1. The maximum atomic E-state index is 12.4. The number of aryl methyl sites for hydroxylation is 1. The molecule has 0 fully saturated rings. The molecular weight excluding hydrogens is 296 g/mol. The van der Waals surface area contributed by atoms with E-state index in [1.54, 1.807) is 18.2 Å². The van der Waals surface area contributed by atoms with Gasteiger partial charge in [-0.3, -0.25) is 14.9 Å².